The first kappa shape index (κ1) is 10.2. The van der Waals surface area contributed by atoms with Gasteiger partial charge in [-0.1, -0.05) is 24.6 Å². The molecule has 0 spiro atoms. The minimum atomic E-state index is 0.0346. The van der Waals surface area contributed by atoms with Gasteiger partial charge in [0, 0.05) is 27.8 Å². The molecule has 78 valence electrons. The summed E-state index contributed by atoms with van der Waals surface area (Å²) in [7, 11) is 0. The number of Topliss-reactive ketones (excluding diaryl/α,β-unsaturated/α-hetero) is 1. The molecule has 0 amide bonds. The maximum absolute atomic E-state index is 11.4. The molecule has 0 radical (unpaired) electrons. The molecule has 3 heteroatoms. The van der Waals surface area contributed by atoms with E-state index in [0.29, 0.717) is 16.3 Å². The van der Waals surface area contributed by atoms with Crippen LogP contribution in [0.25, 0.3) is 5.70 Å². The van der Waals surface area contributed by atoms with Gasteiger partial charge in [-0.25, -0.2) is 0 Å². The van der Waals surface area contributed by atoms with Crippen LogP contribution in [0.2, 0.25) is 5.02 Å². The molecule has 0 heterocycles. The molecule has 0 saturated carbocycles. The molecular formula is C12H12ClNO. The van der Waals surface area contributed by atoms with Crippen LogP contribution >= 0.6 is 11.6 Å². The van der Waals surface area contributed by atoms with Crippen LogP contribution in [0.4, 0.5) is 0 Å². The van der Waals surface area contributed by atoms with Crippen LogP contribution in [0.15, 0.2) is 23.8 Å². The number of allylic oxidation sites excluding steroid dienone is 1. The fourth-order valence-corrected chi connectivity index (χ4v) is 2.34. The van der Waals surface area contributed by atoms with E-state index in [-0.39, 0.29) is 11.7 Å². The summed E-state index contributed by atoms with van der Waals surface area (Å²) in [5, 5.41) is 0.647. The molecule has 1 aliphatic rings. The number of halogens is 1. The number of fused-ring (bicyclic) bond motifs is 1. The van der Waals surface area contributed by atoms with Crippen molar-refractivity contribution in [3.63, 3.8) is 0 Å². The maximum Gasteiger partial charge on any atom is 0.158 e. The van der Waals surface area contributed by atoms with E-state index < -0.39 is 0 Å². The van der Waals surface area contributed by atoms with Gasteiger partial charge in [0.05, 0.1) is 0 Å². The van der Waals surface area contributed by atoms with Crippen LogP contribution in [0.1, 0.15) is 30.9 Å². The zero-order valence-electron chi connectivity index (χ0n) is 8.67. The fraction of sp³-hybridized carbons (Fsp3) is 0.250. The van der Waals surface area contributed by atoms with Crippen molar-refractivity contribution in [2.75, 3.05) is 0 Å². The Morgan fingerprint density at radius 2 is 2.13 bits per heavy atom. The predicted molar refractivity (Wildman–Crippen MR) is 61.7 cm³/mol. The summed E-state index contributed by atoms with van der Waals surface area (Å²) in [5.41, 5.74) is 9.22. The van der Waals surface area contributed by atoms with E-state index >= 15 is 0 Å². The number of ketones is 1. The van der Waals surface area contributed by atoms with Crippen molar-refractivity contribution < 1.29 is 4.79 Å². The van der Waals surface area contributed by atoms with Crippen molar-refractivity contribution in [1.29, 1.82) is 0 Å². The van der Waals surface area contributed by atoms with Gasteiger partial charge in [-0.2, -0.15) is 0 Å². The highest BCUT2D eigenvalue weighted by atomic mass is 35.5. The largest absolute Gasteiger partial charge is 0.398 e. The number of hydrogen-bond acceptors (Lipinski definition) is 2. The molecule has 2 rings (SSSR count). The lowest BCUT2D eigenvalue weighted by molar-refractivity contribution is -0.113. The molecule has 1 atom stereocenters. The summed E-state index contributed by atoms with van der Waals surface area (Å²) in [6.07, 6.45) is 0. The van der Waals surface area contributed by atoms with Crippen LogP contribution < -0.4 is 5.73 Å². The third kappa shape index (κ3) is 1.45. The predicted octanol–water partition coefficient (Wildman–Crippen LogP) is 2.72. The van der Waals surface area contributed by atoms with Gasteiger partial charge >= 0.3 is 0 Å². The topological polar surface area (TPSA) is 43.1 Å². The zero-order valence-corrected chi connectivity index (χ0v) is 9.43. The van der Waals surface area contributed by atoms with Crippen LogP contribution in [0, 0.1) is 0 Å². The van der Waals surface area contributed by atoms with E-state index in [1.165, 1.54) is 0 Å². The molecule has 2 nitrogen and oxygen atoms in total. The first-order valence-electron chi connectivity index (χ1n) is 4.82. The van der Waals surface area contributed by atoms with Gasteiger partial charge in [-0.05, 0) is 24.6 Å². The average Bonchev–Trinajstić information content (AvgIpc) is 2.39. The van der Waals surface area contributed by atoms with E-state index in [2.05, 4.69) is 0 Å². The Balaban J connectivity index is 2.64. The first-order chi connectivity index (χ1) is 7.02. The second kappa shape index (κ2) is 3.38. The van der Waals surface area contributed by atoms with Gasteiger partial charge in [0.1, 0.15) is 0 Å². The average molecular weight is 222 g/mol. The molecule has 0 saturated heterocycles. The molecule has 1 aromatic rings. The highest BCUT2D eigenvalue weighted by Crippen LogP contribution is 2.40. The standard InChI is InChI=1S/C12H12ClNO/c1-6-9-4-3-8(13)5-10(9)12(14)11(6)7(2)15/h3-6H,14H2,1-2H3. The van der Waals surface area contributed by atoms with E-state index in [9.17, 15) is 4.79 Å². The number of carbonyl (C=O) groups excluding carboxylic acids is 1. The van der Waals surface area contributed by atoms with Crippen LogP contribution in [0.3, 0.4) is 0 Å². The zero-order chi connectivity index (χ0) is 11.2. The number of hydrogen-bond donors (Lipinski definition) is 1. The van der Waals surface area contributed by atoms with Gasteiger partial charge in [-0.15, -0.1) is 0 Å². The summed E-state index contributed by atoms with van der Waals surface area (Å²) >= 11 is 5.90. The van der Waals surface area contributed by atoms with E-state index in [1.807, 2.05) is 25.1 Å². The highest BCUT2D eigenvalue weighted by molar-refractivity contribution is 6.30. The molecule has 1 aromatic carbocycles. The van der Waals surface area contributed by atoms with Gasteiger partial charge < -0.3 is 5.73 Å². The monoisotopic (exact) mass is 221 g/mol. The summed E-state index contributed by atoms with van der Waals surface area (Å²) in [6.45, 7) is 3.54. The Labute approximate surface area is 93.7 Å². The normalized spacial score (nSPS) is 19.3. The van der Waals surface area contributed by atoms with E-state index in [1.54, 1.807) is 6.92 Å². The molecule has 0 aromatic heterocycles. The van der Waals surface area contributed by atoms with Crippen LogP contribution in [-0.4, -0.2) is 5.78 Å². The Kier molecular flexibility index (Phi) is 2.31. The number of rotatable bonds is 1. The summed E-state index contributed by atoms with van der Waals surface area (Å²) in [5.74, 6) is 0.113. The lowest BCUT2D eigenvalue weighted by atomic mass is 9.96. The molecular weight excluding hydrogens is 210 g/mol. The highest BCUT2D eigenvalue weighted by Gasteiger charge is 2.29. The SMILES string of the molecule is CC(=O)C1=C(N)c2cc(Cl)ccc2C1C. The van der Waals surface area contributed by atoms with Gasteiger partial charge in [0.2, 0.25) is 0 Å². The minimum absolute atomic E-state index is 0.0346. The number of benzene rings is 1. The molecule has 15 heavy (non-hydrogen) atoms. The number of nitrogens with two attached hydrogens (primary N) is 1. The fourth-order valence-electron chi connectivity index (χ4n) is 2.17. The Morgan fingerprint density at radius 1 is 1.47 bits per heavy atom. The van der Waals surface area contributed by atoms with E-state index in [4.69, 9.17) is 17.3 Å². The van der Waals surface area contributed by atoms with Gasteiger partial charge in [0.25, 0.3) is 0 Å². The van der Waals surface area contributed by atoms with Crippen molar-refractivity contribution in [3.05, 3.63) is 39.9 Å². The first-order valence-corrected chi connectivity index (χ1v) is 5.20. The summed E-state index contributed by atoms with van der Waals surface area (Å²) < 4.78 is 0. The van der Waals surface area contributed by atoms with Gasteiger partial charge in [0.15, 0.2) is 5.78 Å². The molecule has 1 aliphatic carbocycles. The molecule has 0 bridgehead atoms. The Hall–Kier alpha value is -1.28. The van der Waals surface area contributed by atoms with Crippen molar-refractivity contribution in [1.82, 2.24) is 0 Å². The van der Waals surface area contributed by atoms with Crippen molar-refractivity contribution in [3.8, 4) is 0 Å². The van der Waals surface area contributed by atoms with Crippen LogP contribution in [-0.2, 0) is 4.79 Å². The second-order valence-corrected chi connectivity index (χ2v) is 4.27. The molecule has 0 aliphatic heterocycles. The minimum Gasteiger partial charge on any atom is -0.398 e. The smallest absolute Gasteiger partial charge is 0.158 e. The third-order valence-electron chi connectivity index (χ3n) is 2.87. The Morgan fingerprint density at radius 3 is 2.73 bits per heavy atom. The number of carbonyl (C=O) groups is 1. The summed E-state index contributed by atoms with van der Waals surface area (Å²) in [6, 6.07) is 5.58. The molecule has 2 N–H and O–H groups in total. The second-order valence-electron chi connectivity index (χ2n) is 3.84. The van der Waals surface area contributed by atoms with Crippen molar-refractivity contribution >= 4 is 23.1 Å². The van der Waals surface area contributed by atoms with Crippen LogP contribution in [0.5, 0.6) is 0 Å². The molecule has 0 fully saturated rings. The van der Waals surface area contributed by atoms with Crippen molar-refractivity contribution in [2.24, 2.45) is 5.73 Å². The maximum atomic E-state index is 11.4. The lowest BCUT2D eigenvalue weighted by Gasteiger charge is -2.07. The van der Waals surface area contributed by atoms with Crippen molar-refractivity contribution in [2.45, 2.75) is 19.8 Å². The third-order valence-corrected chi connectivity index (χ3v) is 3.11. The lowest BCUT2D eigenvalue weighted by Crippen LogP contribution is -2.05. The van der Waals surface area contributed by atoms with Gasteiger partial charge in [-0.3, -0.25) is 4.79 Å². The van der Waals surface area contributed by atoms with E-state index in [0.717, 1.165) is 11.1 Å². The Bertz CT molecular complexity index is 477. The quantitative estimate of drug-likeness (QED) is 0.793. The molecule has 1 unspecified atom stereocenters. The summed E-state index contributed by atoms with van der Waals surface area (Å²) in [4.78, 5) is 11.4.